The highest BCUT2D eigenvalue weighted by molar-refractivity contribution is 5.98. The van der Waals surface area contributed by atoms with Gasteiger partial charge in [0.05, 0.1) is 17.2 Å². The Labute approximate surface area is 214 Å². The van der Waals surface area contributed by atoms with Crippen molar-refractivity contribution >= 4 is 11.7 Å². The molecule has 0 saturated carbocycles. The molecule has 0 bridgehead atoms. The molecule has 1 unspecified atom stereocenters. The van der Waals surface area contributed by atoms with Gasteiger partial charge in [-0.1, -0.05) is 71.9 Å². The summed E-state index contributed by atoms with van der Waals surface area (Å²) >= 11 is 0. The van der Waals surface area contributed by atoms with E-state index in [2.05, 4.69) is 10.1 Å². The summed E-state index contributed by atoms with van der Waals surface area (Å²) in [5.74, 6) is -1.06. The summed E-state index contributed by atoms with van der Waals surface area (Å²) in [4.78, 5) is 18.8. The molecule has 0 radical (unpaired) electrons. The van der Waals surface area contributed by atoms with Crippen LogP contribution in [0.5, 0.6) is 0 Å². The Morgan fingerprint density at radius 3 is 2.43 bits per heavy atom. The molecule has 194 valence electrons. The second kappa shape index (κ2) is 11.6. The average Bonchev–Trinajstić information content (AvgIpc) is 2.89. The van der Waals surface area contributed by atoms with Crippen molar-refractivity contribution in [3.8, 4) is 11.1 Å². The first-order valence-corrected chi connectivity index (χ1v) is 12.2. The lowest BCUT2D eigenvalue weighted by Gasteiger charge is -2.30. The third-order valence-electron chi connectivity index (χ3n) is 6.54. The van der Waals surface area contributed by atoms with Crippen molar-refractivity contribution in [3.63, 3.8) is 0 Å². The molecule has 1 atom stereocenters. The average molecular weight is 511 g/mol. The van der Waals surface area contributed by atoms with Crippen LogP contribution in [0.1, 0.15) is 42.0 Å². The van der Waals surface area contributed by atoms with Crippen molar-refractivity contribution < 1.29 is 27.9 Å². The van der Waals surface area contributed by atoms with Crippen LogP contribution in [0.25, 0.3) is 11.1 Å². The zero-order valence-corrected chi connectivity index (χ0v) is 20.5. The number of carboxylic acid groups (broad SMARTS) is 1. The molecular weight excluding hydrogens is 481 g/mol. The van der Waals surface area contributed by atoms with Gasteiger partial charge in [0.2, 0.25) is 0 Å². The molecule has 1 saturated heterocycles. The molecule has 3 aromatic rings. The number of hydrogen-bond acceptors (Lipinski definition) is 4. The second-order valence-corrected chi connectivity index (χ2v) is 9.30. The Morgan fingerprint density at radius 1 is 1.05 bits per heavy atom. The van der Waals surface area contributed by atoms with Gasteiger partial charge < -0.3 is 9.94 Å². The molecule has 1 N–H and O–H groups in total. The predicted molar refractivity (Wildman–Crippen MR) is 136 cm³/mol. The molecule has 5 nitrogen and oxygen atoms in total. The molecular formula is C29H29F3N2O3. The third kappa shape index (κ3) is 6.98. The summed E-state index contributed by atoms with van der Waals surface area (Å²) in [5, 5.41) is 13.4. The van der Waals surface area contributed by atoms with Crippen LogP contribution in [0.15, 0.2) is 78.0 Å². The molecule has 1 aliphatic heterocycles. The van der Waals surface area contributed by atoms with E-state index >= 15 is 0 Å². The minimum absolute atomic E-state index is 0.0900. The zero-order chi connectivity index (χ0) is 26.4. The van der Waals surface area contributed by atoms with E-state index in [-0.39, 0.29) is 18.1 Å². The second-order valence-electron chi connectivity index (χ2n) is 9.30. The molecule has 8 heteroatoms. The van der Waals surface area contributed by atoms with Gasteiger partial charge in [-0.3, -0.25) is 9.69 Å². The fourth-order valence-corrected chi connectivity index (χ4v) is 4.55. The topological polar surface area (TPSA) is 62.1 Å². The third-order valence-corrected chi connectivity index (χ3v) is 6.54. The standard InChI is InChI=1S/C29H29F3N2O3/c1-20(23-12-9-21(10-13-23)17-34-15-5-8-25(18-34)28(35)36)33-37-19-22-11-14-26(24-6-3-2-4-7-24)27(16-22)29(30,31)32/h2-4,6-7,9-14,16,25H,5,8,15,17-19H2,1H3,(H,35,36). The number of piperidine rings is 1. The van der Waals surface area contributed by atoms with Crippen LogP contribution >= 0.6 is 0 Å². The lowest BCUT2D eigenvalue weighted by atomic mass is 9.97. The number of aliphatic carboxylic acids is 1. The Bertz CT molecular complexity index is 1240. The van der Waals surface area contributed by atoms with Crippen molar-refractivity contribution in [2.45, 2.75) is 39.1 Å². The molecule has 1 aliphatic rings. The van der Waals surface area contributed by atoms with Gasteiger partial charge in [0.1, 0.15) is 6.61 Å². The molecule has 0 aliphatic carbocycles. The summed E-state index contributed by atoms with van der Waals surface area (Å²) in [6.07, 6.45) is -2.91. The van der Waals surface area contributed by atoms with Gasteiger partial charge in [0.25, 0.3) is 0 Å². The monoisotopic (exact) mass is 510 g/mol. The number of halogens is 3. The van der Waals surface area contributed by atoms with Crippen LogP contribution in [0.2, 0.25) is 0 Å². The van der Waals surface area contributed by atoms with Crippen molar-refractivity contribution in [2.24, 2.45) is 11.1 Å². The van der Waals surface area contributed by atoms with Gasteiger partial charge in [-0.2, -0.15) is 13.2 Å². The highest BCUT2D eigenvalue weighted by Gasteiger charge is 2.34. The minimum atomic E-state index is -4.50. The van der Waals surface area contributed by atoms with E-state index in [1.54, 1.807) is 43.3 Å². The van der Waals surface area contributed by atoms with E-state index in [9.17, 15) is 23.1 Å². The van der Waals surface area contributed by atoms with E-state index in [1.165, 1.54) is 6.07 Å². The van der Waals surface area contributed by atoms with Crippen LogP contribution < -0.4 is 0 Å². The Hall–Kier alpha value is -3.65. The van der Waals surface area contributed by atoms with Crippen LogP contribution in [0.3, 0.4) is 0 Å². The zero-order valence-electron chi connectivity index (χ0n) is 20.5. The van der Waals surface area contributed by atoms with Crippen molar-refractivity contribution in [1.29, 1.82) is 0 Å². The molecule has 0 spiro atoms. The number of nitrogens with zero attached hydrogens (tertiary/aromatic N) is 2. The maximum absolute atomic E-state index is 13.7. The van der Waals surface area contributed by atoms with E-state index in [1.807, 2.05) is 24.3 Å². The Kier molecular flexibility index (Phi) is 8.28. The van der Waals surface area contributed by atoms with Crippen molar-refractivity contribution in [3.05, 3.63) is 95.1 Å². The van der Waals surface area contributed by atoms with Gasteiger partial charge in [-0.25, -0.2) is 0 Å². The van der Waals surface area contributed by atoms with Crippen LogP contribution in [0.4, 0.5) is 13.2 Å². The van der Waals surface area contributed by atoms with Crippen LogP contribution in [-0.2, 0) is 29.0 Å². The summed E-state index contributed by atoms with van der Waals surface area (Å²) in [6, 6.07) is 20.4. The fraction of sp³-hybridized carbons (Fsp3) is 0.310. The lowest BCUT2D eigenvalue weighted by molar-refractivity contribution is -0.143. The van der Waals surface area contributed by atoms with E-state index in [0.717, 1.165) is 36.6 Å². The predicted octanol–water partition coefficient (Wildman–Crippen LogP) is 6.61. The highest BCUT2D eigenvalue weighted by atomic mass is 19.4. The summed E-state index contributed by atoms with van der Waals surface area (Å²) < 4.78 is 41.2. The van der Waals surface area contributed by atoms with Gasteiger partial charge in [0.15, 0.2) is 0 Å². The van der Waals surface area contributed by atoms with E-state index < -0.39 is 17.7 Å². The molecule has 0 amide bonds. The lowest BCUT2D eigenvalue weighted by Crippen LogP contribution is -2.38. The Balaban J connectivity index is 1.38. The maximum Gasteiger partial charge on any atom is 0.417 e. The number of carbonyl (C=O) groups is 1. The molecule has 3 aromatic carbocycles. The van der Waals surface area contributed by atoms with Crippen molar-refractivity contribution in [2.75, 3.05) is 13.1 Å². The number of carboxylic acids is 1. The first kappa shape index (κ1) is 26.4. The van der Waals surface area contributed by atoms with Gasteiger partial charge in [0, 0.05) is 13.1 Å². The quantitative estimate of drug-likeness (QED) is 0.274. The van der Waals surface area contributed by atoms with E-state index in [4.69, 9.17) is 4.84 Å². The fourth-order valence-electron chi connectivity index (χ4n) is 4.55. The first-order valence-electron chi connectivity index (χ1n) is 12.2. The number of rotatable bonds is 8. The van der Waals surface area contributed by atoms with E-state index in [0.29, 0.717) is 29.9 Å². The van der Waals surface area contributed by atoms with Gasteiger partial charge >= 0.3 is 12.1 Å². The molecule has 37 heavy (non-hydrogen) atoms. The summed E-state index contributed by atoms with van der Waals surface area (Å²) in [7, 11) is 0. The summed E-state index contributed by atoms with van der Waals surface area (Å²) in [5.41, 5.74) is 2.80. The number of likely N-dealkylation sites (tertiary alicyclic amines) is 1. The smallest absolute Gasteiger partial charge is 0.417 e. The van der Waals surface area contributed by atoms with Crippen LogP contribution in [0, 0.1) is 5.92 Å². The maximum atomic E-state index is 13.7. The molecule has 1 heterocycles. The number of oxime groups is 1. The van der Waals surface area contributed by atoms with Gasteiger partial charge in [-0.15, -0.1) is 0 Å². The number of hydrogen-bond donors (Lipinski definition) is 1. The SMILES string of the molecule is CC(=NOCc1ccc(-c2ccccc2)c(C(F)(F)F)c1)c1ccc(CN2CCCC(C(=O)O)C2)cc1. The number of alkyl halides is 3. The van der Waals surface area contributed by atoms with Crippen molar-refractivity contribution in [1.82, 2.24) is 4.90 Å². The van der Waals surface area contributed by atoms with Gasteiger partial charge in [-0.05, 0) is 60.2 Å². The molecule has 1 fully saturated rings. The van der Waals surface area contributed by atoms with Crippen LogP contribution in [-0.4, -0.2) is 34.8 Å². The number of benzene rings is 3. The summed E-state index contributed by atoms with van der Waals surface area (Å²) in [6.45, 7) is 3.79. The minimum Gasteiger partial charge on any atom is -0.481 e. The largest absolute Gasteiger partial charge is 0.481 e. The Morgan fingerprint density at radius 2 is 1.76 bits per heavy atom. The molecule has 0 aromatic heterocycles. The molecule has 4 rings (SSSR count). The highest BCUT2D eigenvalue weighted by Crippen LogP contribution is 2.37. The normalized spacial score (nSPS) is 17.0. The first-order chi connectivity index (χ1) is 17.7.